The molecule has 1 saturated carbocycles. The summed E-state index contributed by atoms with van der Waals surface area (Å²) in [6.07, 6.45) is 5.28. The molecule has 1 aliphatic heterocycles. The van der Waals surface area contributed by atoms with Gasteiger partial charge in [0.25, 0.3) is 0 Å². The Balaban J connectivity index is 1.18. The van der Waals surface area contributed by atoms with E-state index in [0.29, 0.717) is 31.8 Å². The predicted octanol–water partition coefficient (Wildman–Crippen LogP) is 6.10. The average molecular weight is 553 g/mol. The second kappa shape index (κ2) is 12.0. The maximum absolute atomic E-state index is 13.3. The number of carbonyl (C=O) groups excluding carboxylic acids is 1. The van der Waals surface area contributed by atoms with Crippen LogP contribution in [0.15, 0.2) is 72.8 Å². The zero-order valence-electron chi connectivity index (χ0n) is 23.9. The molecular formula is C35H40N2O4. The molecule has 3 aromatic carbocycles. The smallest absolute Gasteiger partial charge is 0.307 e. The summed E-state index contributed by atoms with van der Waals surface area (Å²) < 4.78 is 5.53. The van der Waals surface area contributed by atoms with Crippen LogP contribution in [0.4, 0.5) is 5.69 Å². The predicted molar refractivity (Wildman–Crippen MR) is 161 cm³/mol. The number of nitrogens with zero attached hydrogens (tertiary/aromatic N) is 2. The topological polar surface area (TPSA) is 70.1 Å². The molecule has 3 aliphatic rings. The van der Waals surface area contributed by atoms with Gasteiger partial charge >= 0.3 is 5.97 Å². The first-order valence-corrected chi connectivity index (χ1v) is 15.1. The van der Waals surface area contributed by atoms with Crippen LogP contribution in [-0.4, -0.2) is 55.2 Å². The van der Waals surface area contributed by atoms with Crippen molar-refractivity contribution in [1.29, 1.82) is 0 Å². The van der Waals surface area contributed by atoms with Gasteiger partial charge in [0.2, 0.25) is 5.91 Å². The van der Waals surface area contributed by atoms with E-state index in [0.717, 1.165) is 44.5 Å². The Morgan fingerprint density at radius 1 is 0.805 bits per heavy atom. The lowest BCUT2D eigenvalue weighted by Gasteiger charge is -2.39. The van der Waals surface area contributed by atoms with Gasteiger partial charge in [0.05, 0.1) is 18.9 Å². The highest BCUT2D eigenvalue weighted by molar-refractivity contribution is 5.85. The number of methoxy groups -OCH3 is 1. The van der Waals surface area contributed by atoms with Crippen molar-refractivity contribution in [3.63, 3.8) is 0 Å². The molecule has 3 aromatic rings. The number of hydrogen-bond acceptors (Lipinski definition) is 4. The summed E-state index contributed by atoms with van der Waals surface area (Å²) in [5.41, 5.74) is 6.62. The number of aliphatic carboxylic acids is 1. The molecule has 6 rings (SSSR count). The fraction of sp³-hybridized carbons (Fsp3) is 0.429. The Labute approximate surface area is 242 Å². The van der Waals surface area contributed by atoms with Crippen LogP contribution in [0.5, 0.6) is 5.75 Å². The summed E-state index contributed by atoms with van der Waals surface area (Å²) in [5.74, 6) is -0.103. The molecule has 2 aliphatic carbocycles. The van der Waals surface area contributed by atoms with Gasteiger partial charge in [-0.3, -0.25) is 9.59 Å². The van der Waals surface area contributed by atoms with Crippen LogP contribution in [0.3, 0.4) is 0 Å². The Morgan fingerprint density at radius 3 is 2.20 bits per heavy atom. The molecule has 2 fully saturated rings. The van der Waals surface area contributed by atoms with Gasteiger partial charge in [0, 0.05) is 37.8 Å². The molecule has 0 spiro atoms. The number of carbonyl (C=O) groups is 2. The zero-order chi connectivity index (χ0) is 28.3. The van der Waals surface area contributed by atoms with E-state index in [-0.39, 0.29) is 17.7 Å². The lowest BCUT2D eigenvalue weighted by atomic mass is 9.69. The second-order valence-corrected chi connectivity index (χ2v) is 11.8. The fourth-order valence-corrected chi connectivity index (χ4v) is 7.43. The quantitative estimate of drug-likeness (QED) is 0.400. The first kappa shape index (κ1) is 27.4. The van der Waals surface area contributed by atoms with E-state index in [4.69, 9.17) is 4.74 Å². The van der Waals surface area contributed by atoms with Gasteiger partial charge in [-0.2, -0.15) is 0 Å². The van der Waals surface area contributed by atoms with E-state index in [9.17, 15) is 14.7 Å². The van der Waals surface area contributed by atoms with Gasteiger partial charge in [0.15, 0.2) is 0 Å². The van der Waals surface area contributed by atoms with Crippen LogP contribution in [0, 0.1) is 11.8 Å². The number of fused-ring (bicyclic) bond motifs is 1. The molecule has 1 heterocycles. The lowest BCUT2D eigenvalue weighted by molar-refractivity contribution is -0.152. The van der Waals surface area contributed by atoms with E-state index in [1.54, 1.807) is 7.11 Å². The standard InChI is InChI=1S/C35H40N2O4/c1-41-28-16-18-30-26(23-28)13-17-29(24-7-3-2-4-8-24)33(30)25-11-14-27(15-12-25)36-19-21-37(22-20-36)34(38)31-9-5-6-10-32(31)35(39)40/h2-4,7-8,11-12,14-16,18,23,29,31-33H,5-6,9-10,13,17,19-22H2,1H3,(H,39,40)/t29?,31-,32-,33?/m0/s1. The number of rotatable bonds is 6. The molecular weight excluding hydrogens is 512 g/mol. The van der Waals surface area contributed by atoms with E-state index in [1.165, 1.54) is 27.9 Å². The summed E-state index contributed by atoms with van der Waals surface area (Å²) >= 11 is 0. The normalized spacial score (nSPS) is 24.4. The third-order valence-corrected chi connectivity index (χ3v) is 9.65. The van der Waals surface area contributed by atoms with E-state index < -0.39 is 11.9 Å². The number of amides is 1. The van der Waals surface area contributed by atoms with Crippen molar-refractivity contribution < 1.29 is 19.4 Å². The molecule has 6 heteroatoms. The summed E-state index contributed by atoms with van der Waals surface area (Å²) in [7, 11) is 1.73. The molecule has 0 bridgehead atoms. The highest BCUT2D eigenvalue weighted by atomic mass is 16.5. The third-order valence-electron chi connectivity index (χ3n) is 9.65. The number of ether oxygens (including phenoxy) is 1. The molecule has 2 unspecified atom stereocenters. The van der Waals surface area contributed by atoms with E-state index >= 15 is 0 Å². The van der Waals surface area contributed by atoms with Crippen LogP contribution in [0.2, 0.25) is 0 Å². The zero-order valence-corrected chi connectivity index (χ0v) is 23.9. The molecule has 41 heavy (non-hydrogen) atoms. The maximum atomic E-state index is 13.3. The first-order valence-electron chi connectivity index (χ1n) is 15.1. The number of anilines is 1. The molecule has 1 saturated heterocycles. The number of carboxylic acids is 1. The van der Waals surface area contributed by atoms with Crippen molar-refractivity contribution in [2.75, 3.05) is 38.2 Å². The van der Waals surface area contributed by atoms with Crippen molar-refractivity contribution >= 4 is 17.6 Å². The minimum absolute atomic E-state index is 0.0339. The van der Waals surface area contributed by atoms with Crippen molar-refractivity contribution in [3.8, 4) is 5.75 Å². The van der Waals surface area contributed by atoms with Crippen LogP contribution in [0.25, 0.3) is 0 Å². The highest BCUT2D eigenvalue weighted by Gasteiger charge is 2.38. The Kier molecular flexibility index (Phi) is 8.00. The maximum Gasteiger partial charge on any atom is 0.307 e. The largest absolute Gasteiger partial charge is 0.497 e. The van der Waals surface area contributed by atoms with Crippen LogP contribution in [0.1, 0.15) is 66.2 Å². The molecule has 1 amide bonds. The fourth-order valence-electron chi connectivity index (χ4n) is 7.43. The number of hydrogen-bond donors (Lipinski definition) is 1. The Morgan fingerprint density at radius 2 is 1.51 bits per heavy atom. The molecule has 1 N–H and O–H groups in total. The molecule has 4 atom stereocenters. The number of carboxylic acid groups (broad SMARTS) is 1. The minimum atomic E-state index is -0.823. The van der Waals surface area contributed by atoms with Gasteiger partial charge in [-0.1, -0.05) is 61.4 Å². The van der Waals surface area contributed by atoms with E-state index in [2.05, 4.69) is 77.7 Å². The van der Waals surface area contributed by atoms with Crippen LogP contribution >= 0.6 is 0 Å². The summed E-state index contributed by atoms with van der Waals surface area (Å²) in [5, 5.41) is 9.64. The van der Waals surface area contributed by atoms with Gasteiger partial charge < -0.3 is 19.6 Å². The summed E-state index contributed by atoms with van der Waals surface area (Å²) in [4.78, 5) is 29.2. The highest BCUT2D eigenvalue weighted by Crippen LogP contribution is 2.47. The lowest BCUT2D eigenvalue weighted by Crippen LogP contribution is -2.52. The van der Waals surface area contributed by atoms with Crippen molar-refractivity contribution in [2.45, 2.75) is 50.4 Å². The van der Waals surface area contributed by atoms with Gasteiger partial charge in [0.1, 0.15) is 5.75 Å². The monoisotopic (exact) mass is 552 g/mol. The molecule has 214 valence electrons. The van der Waals surface area contributed by atoms with Crippen molar-refractivity contribution in [2.24, 2.45) is 11.8 Å². The average Bonchev–Trinajstić information content (AvgIpc) is 3.04. The SMILES string of the molecule is COc1ccc2c(c1)CCC(c1ccccc1)C2c1ccc(N2CCN(C(=O)[C@H]3CCCC[C@@H]3C(=O)O)CC2)cc1. The number of benzene rings is 3. The summed E-state index contributed by atoms with van der Waals surface area (Å²) in [6.45, 7) is 2.79. The van der Waals surface area contributed by atoms with Crippen molar-refractivity contribution in [3.05, 3.63) is 95.1 Å². The van der Waals surface area contributed by atoms with Gasteiger partial charge in [-0.05, 0) is 78.1 Å². The minimum Gasteiger partial charge on any atom is -0.497 e. The van der Waals surface area contributed by atoms with Crippen LogP contribution in [-0.2, 0) is 16.0 Å². The summed E-state index contributed by atoms with van der Waals surface area (Å²) in [6, 6.07) is 26.4. The Bertz CT molecular complexity index is 1360. The number of aryl methyl sites for hydroxylation is 1. The molecule has 0 aromatic heterocycles. The third kappa shape index (κ3) is 5.57. The number of piperazine rings is 1. The molecule has 6 nitrogen and oxygen atoms in total. The first-order chi connectivity index (χ1) is 20.0. The Hall–Kier alpha value is -3.80. The second-order valence-electron chi connectivity index (χ2n) is 11.8. The van der Waals surface area contributed by atoms with Crippen LogP contribution < -0.4 is 9.64 Å². The van der Waals surface area contributed by atoms with Gasteiger partial charge in [-0.15, -0.1) is 0 Å². The molecule has 0 radical (unpaired) electrons. The van der Waals surface area contributed by atoms with Gasteiger partial charge in [-0.25, -0.2) is 0 Å². The van der Waals surface area contributed by atoms with E-state index in [1.807, 2.05) is 4.90 Å². The van der Waals surface area contributed by atoms with Crippen molar-refractivity contribution in [1.82, 2.24) is 4.90 Å².